The van der Waals surface area contributed by atoms with Crippen LogP contribution in [0.5, 0.6) is 0 Å². The quantitative estimate of drug-likeness (QED) is 0.813. The highest BCUT2D eigenvalue weighted by atomic mass is 16.2. The molecule has 0 saturated carbocycles. The lowest BCUT2D eigenvalue weighted by Gasteiger charge is -2.27. The molecule has 0 aliphatic carbocycles. The number of aryl methyl sites for hydroxylation is 1. The smallest absolute Gasteiger partial charge is 0.254 e. The van der Waals surface area contributed by atoms with Gasteiger partial charge in [0.25, 0.3) is 5.91 Å². The molecule has 0 fully saturated rings. The van der Waals surface area contributed by atoms with Crippen molar-refractivity contribution in [2.45, 2.75) is 25.9 Å². The maximum Gasteiger partial charge on any atom is 0.254 e. The summed E-state index contributed by atoms with van der Waals surface area (Å²) >= 11 is 0. The molecule has 1 unspecified atom stereocenters. The van der Waals surface area contributed by atoms with Crippen LogP contribution in [0.4, 0.5) is 11.4 Å². The number of carbonyl (C=O) groups excluding carboxylic acids is 2. The molecule has 0 radical (unpaired) electrons. The van der Waals surface area contributed by atoms with E-state index in [0.717, 1.165) is 16.9 Å². The summed E-state index contributed by atoms with van der Waals surface area (Å²) in [5, 5.41) is 8.99. The van der Waals surface area contributed by atoms with Gasteiger partial charge < -0.3 is 16.0 Å². The Labute approximate surface area is 135 Å². The second-order valence-corrected chi connectivity index (χ2v) is 5.67. The van der Waals surface area contributed by atoms with Crippen molar-refractivity contribution < 1.29 is 9.59 Å². The van der Waals surface area contributed by atoms with Gasteiger partial charge in [0.05, 0.1) is 11.7 Å². The van der Waals surface area contributed by atoms with Crippen molar-refractivity contribution in [3.8, 4) is 0 Å². The summed E-state index contributed by atoms with van der Waals surface area (Å²) in [7, 11) is 0. The third-order valence-corrected chi connectivity index (χ3v) is 3.77. The van der Waals surface area contributed by atoms with Crippen LogP contribution in [0.25, 0.3) is 0 Å². The Hall–Kier alpha value is -2.82. The van der Waals surface area contributed by atoms with E-state index in [1.54, 1.807) is 6.07 Å². The second-order valence-electron chi connectivity index (χ2n) is 5.67. The first kappa shape index (κ1) is 15.1. The lowest BCUT2D eigenvalue weighted by atomic mass is 10.1. The van der Waals surface area contributed by atoms with Crippen LogP contribution in [0.2, 0.25) is 0 Å². The summed E-state index contributed by atoms with van der Waals surface area (Å²) in [6.45, 7) is 1.98. The summed E-state index contributed by atoms with van der Waals surface area (Å²) < 4.78 is 0. The molecule has 23 heavy (non-hydrogen) atoms. The van der Waals surface area contributed by atoms with Gasteiger partial charge in [-0.25, -0.2) is 0 Å². The third kappa shape index (κ3) is 3.69. The summed E-state index contributed by atoms with van der Waals surface area (Å²) in [6.07, 6.45) is 0.617. The molecule has 5 nitrogen and oxygen atoms in total. The Morgan fingerprint density at radius 3 is 2.78 bits per heavy atom. The van der Waals surface area contributed by atoms with E-state index in [2.05, 4.69) is 16.0 Å². The molecule has 1 heterocycles. The monoisotopic (exact) mass is 309 g/mol. The zero-order valence-electron chi connectivity index (χ0n) is 12.9. The summed E-state index contributed by atoms with van der Waals surface area (Å²) in [5.41, 5.74) is 3.33. The Morgan fingerprint density at radius 2 is 1.96 bits per heavy atom. The molecule has 0 spiro atoms. The number of para-hydroxylation sites is 1. The minimum absolute atomic E-state index is 0.0643. The average molecular weight is 309 g/mol. The van der Waals surface area contributed by atoms with Crippen LogP contribution >= 0.6 is 0 Å². The molecule has 0 aromatic heterocycles. The number of nitrogens with one attached hydrogen (secondary N) is 3. The first-order chi connectivity index (χ1) is 11.1. The third-order valence-electron chi connectivity index (χ3n) is 3.77. The highest BCUT2D eigenvalue weighted by molar-refractivity contribution is 6.01. The lowest BCUT2D eigenvalue weighted by molar-refractivity contribution is -0.116. The number of benzene rings is 2. The van der Waals surface area contributed by atoms with E-state index in [1.165, 1.54) is 0 Å². The molecule has 0 bridgehead atoms. The van der Waals surface area contributed by atoms with Crippen LogP contribution in [0.15, 0.2) is 48.5 Å². The molecule has 3 rings (SSSR count). The van der Waals surface area contributed by atoms with Gasteiger partial charge in [-0.1, -0.05) is 24.3 Å². The van der Waals surface area contributed by atoms with Crippen LogP contribution in [0.3, 0.4) is 0 Å². The number of anilines is 2. The van der Waals surface area contributed by atoms with Gasteiger partial charge in [-0.3, -0.25) is 9.59 Å². The predicted molar refractivity (Wildman–Crippen MR) is 90.4 cm³/mol. The standard InChI is InChI=1S/C18H19N3O2/c1-12-5-4-6-13(11-12)19-17(22)10-9-16-20-15-8-3-2-7-14(15)18(23)21-16/h2-8,11,16,20H,9-10H2,1H3,(H,19,22)(H,21,23). The van der Waals surface area contributed by atoms with E-state index in [-0.39, 0.29) is 18.0 Å². The molecule has 2 aromatic carbocycles. The van der Waals surface area contributed by atoms with Crippen LogP contribution in [-0.4, -0.2) is 18.0 Å². The van der Waals surface area contributed by atoms with Crippen LogP contribution in [-0.2, 0) is 4.79 Å². The molecule has 1 atom stereocenters. The maximum absolute atomic E-state index is 12.0. The maximum atomic E-state index is 12.0. The summed E-state index contributed by atoms with van der Waals surface area (Å²) in [5.74, 6) is -0.172. The van der Waals surface area contributed by atoms with Gasteiger partial charge in [-0.05, 0) is 43.2 Å². The van der Waals surface area contributed by atoms with Gasteiger partial charge in [-0.2, -0.15) is 0 Å². The van der Waals surface area contributed by atoms with Crippen LogP contribution in [0, 0.1) is 6.92 Å². The highest BCUT2D eigenvalue weighted by Crippen LogP contribution is 2.21. The van der Waals surface area contributed by atoms with Gasteiger partial charge >= 0.3 is 0 Å². The van der Waals surface area contributed by atoms with Crippen molar-refractivity contribution >= 4 is 23.2 Å². The second kappa shape index (κ2) is 6.52. The molecule has 0 saturated heterocycles. The van der Waals surface area contributed by atoms with Gasteiger partial charge in [-0.15, -0.1) is 0 Å². The van der Waals surface area contributed by atoms with Crippen molar-refractivity contribution in [3.05, 3.63) is 59.7 Å². The normalized spacial score (nSPS) is 16.0. The molecule has 1 aliphatic rings. The van der Waals surface area contributed by atoms with Gasteiger partial charge in [0.1, 0.15) is 0 Å². The number of hydrogen-bond donors (Lipinski definition) is 3. The van der Waals surface area contributed by atoms with Crippen molar-refractivity contribution in [3.63, 3.8) is 0 Å². The van der Waals surface area contributed by atoms with E-state index < -0.39 is 0 Å². The highest BCUT2D eigenvalue weighted by Gasteiger charge is 2.23. The molecular weight excluding hydrogens is 290 g/mol. The van der Waals surface area contributed by atoms with Gasteiger partial charge in [0.2, 0.25) is 5.91 Å². The molecule has 118 valence electrons. The Morgan fingerprint density at radius 1 is 1.13 bits per heavy atom. The van der Waals surface area contributed by atoms with E-state index in [4.69, 9.17) is 0 Å². The fourth-order valence-electron chi connectivity index (χ4n) is 2.63. The summed E-state index contributed by atoms with van der Waals surface area (Å²) in [6, 6.07) is 15.0. The van der Waals surface area contributed by atoms with Gasteiger partial charge in [0, 0.05) is 17.8 Å². The minimum atomic E-state index is -0.236. The Kier molecular flexibility index (Phi) is 4.28. The van der Waals surface area contributed by atoms with Crippen LogP contribution < -0.4 is 16.0 Å². The molecular formula is C18H19N3O2. The van der Waals surface area contributed by atoms with E-state index in [1.807, 2.05) is 49.4 Å². The van der Waals surface area contributed by atoms with Crippen molar-refractivity contribution in [1.29, 1.82) is 0 Å². The molecule has 1 aliphatic heterocycles. The number of rotatable bonds is 4. The van der Waals surface area contributed by atoms with E-state index >= 15 is 0 Å². The first-order valence-electron chi connectivity index (χ1n) is 7.65. The van der Waals surface area contributed by atoms with Crippen molar-refractivity contribution in [2.75, 3.05) is 10.6 Å². The van der Waals surface area contributed by atoms with E-state index in [0.29, 0.717) is 18.4 Å². The van der Waals surface area contributed by atoms with Crippen molar-refractivity contribution in [1.82, 2.24) is 5.32 Å². The van der Waals surface area contributed by atoms with Gasteiger partial charge in [0.15, 0.2) is 0 Å². The summed E-state index contributed by atoms with van der Waals surface area (Å²) in [4.78, 5) is 24.1. The topological polar surface area (TPSA) is 70.2 Å². The number of hydrogen-bond acceptors (Lipinski definition) is 3. The number of amides is 2. The average Bonchev–Trinajstić information content (AvgIpc) is 2.53. The molecule has 2 amide bonds. The van der Waals surface area contributed by atoms with Crippen molar-refractivity contribution in [2.24, 2.45) is 0 Å². The predicted octanol–water partition coefficient (Wildman–Crippen LogP) is 2.90. The zero-order valence-corrected chi connectivity index (χ0v) is 12.9. The zero-order chi connectivity index (χ0) is 16.2. The molecule has 5 heteroatoms. The Bertz CT molecular complexity index is 743. The number of carbonyl (C=O) groups is 2. The largest absolute Gasteiger partial charge is 0.365 e. The lowest BCUT2D eigenvalue weighted by Crippen LogP contribution is -2.45. The Balaban J connectivity index is 1.55. The minimum Gasteiger partial charge on any atom is -0.365 e. The molecule has 2 aromatic rings. The SMILES string of the molecule is Cc1cccc(NC(=O)CCC2NC(=O)c3ccccc3N2)c1. The molecule has 3 N–H and O–H groups in total. The van der Waals surface area contributed by atoms with Crippen LogP contribution in [0.1, 0.15) is 28.8 Å². The number of fused-ring (bicyclic) bond motifs is 1. The van der Waals surface area contributed by atoms with E-state index in [9.17, 15) is 9.59 Å². The fourth-order valence-corrected chi connectivity index (χ4v) is 2.63. The first-order valence-corrected chi connectivity index (χ1v) is 7.65. The fraction of sp³-hybridized carbons (Fsp3) is 0.222.